The van der Waals surface area contributed by atoms with Gasteiger partial charge in [0.15, 0.2) is 0 Å². The molecule has 0 amide bonds. The molecule has 0 radical (unpaired) electrons. The highest BCUT2D eigenvalue weighted by Gasteiger charge is 2.00. The largest absolute Gasteiger partial charge is 0.395 e. The lowest BCUT2D eigenvalue weighted by atomic mass is 10.2. The summed E-state index contributed by atoms with van der Waals surface area (Å²) >= 11 is 0. The Balaban J connectivity index is 3.29. The Morgan fingerprint density at radius 1 is 1.73 bits per heavy atom. The summed E-state index contributed by atoms with van der Waals surface area (Å²) in [5, 5.41) is 10.3. The number of nitrogens with one attached hydrogen (secondary N) is 1. The van der Waals surface area contributed by atoms with Gasteiger partial charge in [-0.3, -0.25) is 5.43 Å². The fourth-order valence-corrected chi connectivity index (χ4v) is 0.577. The van der Waals surface area contributed by atoms with Crippen LogP contribution in [0.15, 0.2) is 0 Å². The van der Waals surface area contributed by atoms with Crippen LogP contribution in [0.25, 0.3) is 0 Å². The summed E-state index contributed by atoms with van der Waals surface area (Å²) in [6.45, 7) is 3.16. The van der Waals surface area contributed by atoms with Crippen LogP contribution in [0.3, 0.4) is 0 Å². The zero-order valence-corrected chi connectivity index (χ0v) is 7.08. The normalized spacial score (nSPS) is 13.5. The number of carbonyl (C=O) groups is 1. The van der Waals surface area contributed by atoms with Crippen LogP contribution in [-0.4, -0.2) is 43.1 Å². The molecule has 1 unspecified atom stereocenters. The highest BCUT2D eigenvalue weighted by Crippen LogP contribution is 1.85. The van der Waals surface area contributed by atoms with E-state index in [4.69, 9.17) is 5.11 Å². The molecule has 11 heavy (non-hydrogen) atoms. The smallest absolute Gasteiger partial charge is 0.124 e. The van der Waals surface area contributed by atoms with Crippen molar-refractivity contribution in [1.82, 2.24) is 10.4 Å². The Labute approximate surface area is 67.2 Å². The molecule has 2 N–H and O–H groups in total. The average Bonchev–Trinajstić information content (AvgIpc) is 2.01. The maximum absolute atomic E-state index is 10.2. The molecule has 0 aliphatic heterocycles. The van der Waals surface area contributed by atoms with Crippen LogP contribution < -0.4 is 5.43 Å². The van der Waals surface area contributed by atoms with E-state index in [0.717, 1.165) is 6.29 Å². The third-order valence-corrected chi connectivity index (χ3v) is 1.35. The van der Waals surface area contributed by atoms with Gasteiger partial charge in [0.25, 0.3) is 0 Å². The fraction of sp³-hybridized carbons (Fsp3) is 0.857. The van der Waals surface area contributed by atoms with Gasteiger partial charge in [-0.1, -0.05) is 6.92 Å². The molecule has 66 valence electrons. The number of likely N-dealkylation sites (N-methyl/N-ethyl adjacent to an activating group) is 1. The SMILES string of the molecule is CC(C=O)CNN(C)CCO. The zero-order chi connectivity index (χ0) is 8.69. The van der Waals surface area contributed by atoms with Crippen LogP contribution in [-0.2, 0) is 4.79 Å². The van der Waals surface area contributed by atoms with Crippen LogP contribution in [0.5, 0.6) is 0 Å². The summed E-state index contributed by atoms with van der Waals surface area (Å²) in [7, 11) is 1.83. The van der Waals surface area contributed by atoms with E-state index in [1.165, 1.54) is 0 Å². The molecule has 0 aromatic carbocycles. The van der Waals surface area contributed by atoms with Crippen molar-refractivity contribution in [1.29, 1.82) is 0 Å². The van der Waals surface area contributed by atoms with Crippen LogP contribution in [0.1, 0.15) is 6.92 Å². The standard InChI is InChI=1S/C7H16N2O2/c1-7(6-11)5-8-9(2)3-4-10/h6-8,10H,3-5H2,1-2H3. The van der Waals surface area contributed by atoms with E-state index in [9.17, 15) is 4.79 Å². The molecule has 0 aromatic heterocycles. The van der Waals surface area contributed by atoms with E-state index in [2.05, 4.69) is 5.43 Å². The molecule has 0 rings (SSSR count). The van der Waals surface area contributed by atoms with Gasteiger partial charge in [-0.15, -0.1) is 0 Å². The van der Waals surface area contributed by atoms with E-state index in [-0.39, 0.29) is 12.5 Å². The second kappa shape index (κ2) is 6.27. The Kier molecular flexibility index (Phi) is 6.02. The molecule has 4 nitrogen and oxygen atoms in total. The summed E-state index contributed by atoms with van der Waals surface area (Å²) < 4.78 is 0. The number of hydrazine groups is 1. The van der Waals surface area contributed by atoms with Crippen LogP contribution in [0, 0.1) is 5.92 Å². The molecule has 0 heterocycles. The summed E-state index contributed by atoms with van der Waals surface area (Å²) in [6.07, 6.45) is 0.903. The van der Waals surface area contributed by atoms with Gasteiger partial charge in [0.2, 0.25) is 0 Å². The topological polar surface area (TPSA) is 52.6 Å². The summed E-state index contributed by atoms with van der Waals surface area (Å²) in [6, 6.07) is 0. The zero-order valence-electron chi connectivity index (χ0n) is 7.08. The molecule has 0 aliphatic carbocycles. The number of aliphatic hydroxyl groups excluding tert-OH is 1. The number of nitrogens with zero attached hydrogens (tertiary/aromatic N) is 1. The second-order valence-electron chi connectivity index (χ2n) is 2.62. The van der Waals surface area contributed by atoms with Crippen molar-refractivity contribution in [2.75, 3.05) is 26.7 Å². The minimum absolute atomic E-state index is 0.0242. The predicted octanol–water partition coefficient (Wildman–Crippen LogP) is -0.750. The molecule has 1 atom stereocenters. The number of carbonyl (C=O) groups excluding carboxylic acids is 1. The lowest BCUT2D eigenvalue weighted by Gasteiger charge is -2.17. The Hall–Kier alpha value is -0.450. The monoisotopic (exact) mass is 160 g/mol. The summed E-state index contributed by atoms with van der Waals surface area (Å²) in [5.41, 5.74) is 2.98. The predicted molar refractivity (Wildman–Crippen MR) is 42.9 cm³/mol. The van der Waals surface area contributed by atoms with Crippen molar-refractivity contribution in [3.63, 3.8) is 0 Å². The molecular formula is C7H16N2O2. The first-order valence-electron chi connectivity index (χ1n) is 3.71. The van der Waals surface area contributed by atoms with Crippen molar-refractivity contribution in [2.24, 2.45) is 5.92 Å². The summed E-state index contributed by atoms with van der Waals surface area (Å²) in [5.74, 6) is 0.0242. The van der Waals surface area contributed by atoms with Crippen molar-refractivity contribution in [3.8, 4) is 0 Å². The fourth-order valence-electron chi connectivity index (χ4n) is 0.577. The van der Waals surface area contributed by atoms with Crippen LogP contribution >= 0.6 is 0 Å². The van der Waals surface area contributed by atoms with Gasteiger partial charge >= 0.3 is 0 Å². The first-order chi connectivity index (χ1) is 5.20. The molecule has 4 heteroatoms. The molecule has 0 saturated heterocycles. The second-order valence-corrected chi connectivity index (χ2v) is 2.62. The third kappa shape index (κ3) is 5.97. The number of aldehydes is 1. The highest BCUT2D eigenvalue weighted by atomic mass is 16.3. The highest BCUT2D eigenvalue weighted by molar-refractivity contribution is 5.52. The van der Waals surface area contributed by atoms with E-state index in [0.29, 0.717) is 13.1 Å². The van der Waals surface area contributed by atoms with Crippen molar-refractivity contribution >= 4 is 6.29 Å². The molecule has 0 saturated carbocycles. The van der Waals surface area contributed by atoms with E-state index in [1.54, 1.807) is 5.01 Å². The third-order valence-electron chi connectivity index (χ3n) is 1.35. The molecular weight excluding hydrogens is 144 g/mol. The van der Waals surface area contributed by atoms with Gasteiger partial charge in [-0.25, -0.2) is 5.01 Å². The van der Waals surface area contributed by atoms with E-state index >= 15 is 0 Å². The van der Waals surface area contributed by atoms with Gasteiger partial charge in [-0.2, -0.15) is 0 Å². The van der Waals surface area contributed by atoms with Crippen molar-refractivity contribution < 1.29 is 9.90 Å². The lowest BCUT2D eigenvalue weighted by Crippen LogP contribution is -2.39. The Bertz CT molecular complexity index is 109. The van der Waals surface area contributed by atoms with Crippen LogP contribution in [0.4, 0.5) is 0 Å². The maximum Gasteiger partial charge on any atom is 0.124 e. The number of hydrogen-bond donors (Lipinski definition) is 2. The summed E-state index contributed by atoms with van der Waals surface area (Å²) in [4.78, 5) is 10.2. The molecule has 0 spiro atoms. The molecule has 0 aromatic rings. The number of rotatable bonds is 6. The van der Waals surface area contributed by atoms with Gasteiger partial charge in [0, 0.05) is 26.1 Å². The quantitative estimate of drug-likeness (QED) is 0.396. The first kappa shape index (κ1) is 10.6. The minimum atomic E-state index is 0.0242. The molecule has 0 aliphatic rings. The maximum atomic E-state index is 10.2. The molecule has 0 fully saturated rings. The Morgan fingerprint density at radius 2 is 2.36 bits per heavy atom. The van der Waals surface area contributed by atoms with E-state index < -0.39 is 0 Å². The average molecular weight is 160 g/mol. The van der Waals surface area contributed by atoms with Gasteiger partial charge in [0.1, 0.15) is 6.29 Å². The number of hydrogen-bond acceptors (Lipinski definition) is 4. The van der Waals surface area contributed by atoms with Crippen molar-refractivity contribution in [2.45, 2.75) is 6.92 Å². The lowest BCUT2D eigenvalue weighted by molar-refractivity contribution is -0.110. The minimum Gasteiger partial charge on any atom is -0.395 e. The van der Waals surface area contributed by atoms with Gasteiger partial charge in [0.05, 0.1) is 6.61 Å². The first-order valence-corrected chi connectivity index (χ1v) is 3.71. The van der Waals surface area contributed by atoms with Crippen LogP contribution in [0.2, 0.25) is 0 Å². The number of aliphatic hydroxyl groups is 1. The Morgan fingerprint density at radius 3 is 2.82 bits per heavy atom. The molecule has 0 bridgehead atoms. The van der Waals surface area contributed by atoms with E-state index in [1.807, 2.05) is 14.0 Å². The van der Waals surface area contributed by atoms with Gasteiger partial charge in [-0.05, 0) is 0 Å². The van der Waals surface area contributed by atoms with Gasteiger partial charge < -0.3 is 9.90 Å². The van der Waals surface area contributed by atoms with Crippen molar-refractivity contribution in [3.05, 3.63) is 0 Å².